The van der Waals surface area contributed by atoms with Crippen molar-refractivity contribution in [2.24, 2.45) is 0 Å². The summed E-state index contributed by atoms with van der Waals surface area (Å²) in [5.41, 5.74) is 0. The Morgan fingerprint density at radius 3 is 1.78 bits per heavy atom. The molecule has 0 saturated carbocycles. The predicted octanol–water partition coefficient (Wildman–Crippen LogP) is 2.71. The van der Waals surface area contributed by atoms with Gasteiger partial charge in [-0.15, -0.1) is 0 Å². The summed E-state index contributed by atoms with van der Waals surface area (Å²) >= 11 is 0. The lowest BCUT2D eigenvalue weighted by molar-refractivity contribution is 1.10. The van der Waals surface area contributed by atoms with Crippen LogP contribution in [0.4, 0.5) is 0 Å². The minimum Gasteiger partial charge on any atom is -0.276 e. The first kappa shape index (κ1) is 9.41. The van der Waals surface area contributed by atoms with Crippen LogP contribution in [0, 0.1) is 0 Å². The van der Waals surface area contributed by atoms with Crippen molar-refractivity contribution < 1.29 is 0 Å². The SMILES string of the molecule is CCCS(C)(C)B(C)C. The second-order valence-corrected chi connectivity index (χ2v) is 7.97. The van der Waals surface area contributed by atoms with Gasteiger partial charge in [-0.05, 0) is 24.7 Å². The summed E-state index contributed by atoms with van der Waals surface area (Å²) < 4.78 is 0. The molecule has 0 heterocycles. The van der Waals surface area contributed by atoms with Gasteiger partial charge in [0, 0.05) is 0 Å². The third-order valence-corrected chi connectivity index (χ3v) is 6.02. The molecule has 0 aliphatic carbocycles. The second-order valence-electron chi connectivity index (χ2n) is 3.38. The highest BCUT2D eigenvalue weighted by Crippen LogP contribution is 2.42. The van der Waals surface area contributed by atoms with Crippen LogP contribution in [0.25, 0.3) is 0 Å². The molecule has 0 aliphatic heterocycles. The zero-order chi connectivity index (χ0) is 7.49. The van der Waals surface area contributed by atoms with Crippen LogP contribution in [0.3, 0.4) is 0 Å². The third-order valence-electron chi connectivity index (χ3n) is 2.01. The molecule has 0 unspecified atom stereocenters. The largest absolute Gasteiger partial charge is 0.276 e. The van der Waals surface area contributed by atoms with Crippen LogP contribution in [0.2, 0.25) is 13.6 Å². The number of hydrogen-bond donors (Lipinski definition) is 0. The Kier molecular flexibility index (Phi) is 3.71. The van der Waals surface area contributed by atoms with Gasteiger partial charge in [-0.2, -0.15) is 0 Å². The van der Waals surface area contributed by atoms with Gasteiger partial charge in [-0.3, -0.25) is 9.88 Å². The van der Waals surface area contributed by atoms with E-state index in [0.29, 0.717) is 0 Å². The molecule has 0 radical (unpaired) electrons. The summed E-state index contributed by atoms with van der Waals surface area (Å²) in [6.45, 7) is 6.95. The molecule has 0 rings (SSSR count). The third kappa shape index (κ3) is 3.19. The van der Waals surface area contributed by atoms with Crippen molar-refractivity contribution >= 4 is 15.9 Å². The van der Waals surface area contributed by atoms with Crippen LogP contribution in [-0.4, -0.2) is 24.3 Å². The molecule has 0 saturated heterocycles. The lowest BCUT2D eigenvalue weighted by Crippen LogP contribution is -2.15. The molecule has 0 amide bonds. The van der Waals surface area contributed by atoms with Crippen molar-refractivity contribution in [2.75, 3.05) is 18.3 Å². The molecule has 0 aromatic rings. The molecule has 0 fully saturated rings. The number of rotatable bonds is 3. The Bertz CT molecular complexity index is 79.0. The van der Waals surface area contributed by atoms with E-state index in [1.807, 2.05) is 0 Å². The summed E-state index contributed by atoms with van der Waals surface area (Å²) in [6.07, 6.45) is 6.21. The maximum atomic E-state index is 2.43. The molecular formula is C7H19BS. The van der Waals surface area contributed by atoms with Gasteiger partial charge in [-0.25, -0.2) is 0 Å². The van der Waals surface area contributed by atoms with Crippen LogP contribution in [0.15, 0.2) is 0 Å². The van der Waals surface area contributed by atoms with Crippen molar-refractivity contribution in [2.45, 2.75) is 27.0 Å². The number of hydrogen-bond acceptors (Lipinski definition) is 0. The molecule has 0 aliphatic rings. The quantitative estimate of drug-likeness (QED) is 0.537. The van der Waals surface area contributed by atoms with Gasteiger partial charge in [0.15, 0.2) is 5.99 Å². The standard InChI is InChI=1S/C7H19BS/c1-6-7-9(4,5)8(2)3/h6-7H2,1-5H3. The minimum atomic E-state index is -0.248. The van der Waals surface area contributed by atoms with Gasteiger partial charge < -0.3 is 0 Å². The first-order valence-electron chi connectivity index (χ1n) is 3.70. The van der Waals surface area contributed by atoms with Gasteiger partial charge in [0.05, 0.1) is 0 Å². The molecule has 0 aromatic carbocycles. The highest BCUT2D eigenvalue weighted by molar-refractivity contribution is 8.53. The van der Waals surface area contributed by atoms with Gasteiger partial charge >= 0.3 is 0 Å². The van der Waals surface area contributed by atoms with E-state index in [-0.39, 0.29) is 9.88 Å². The summed E-state index contributed by atoms with van der Waals surface area (Å²) in [7, 11) is -0.248. The molecule has 9 heavy (non-hydrogen) atoms. The minimum absolute atomic E-state index is 0.248. The first-order valence-corrected chi connectivity index (χ1v) is 6.38. The maximum absolute atomic E-state index is 2.43. The predicted molar refractivity (Wildman–Crippen MR) is 52.1 cm³/mol. The van der Waals surface area contributed by atoms with Crippen LogP contribution in [0.1, 0.15) is 13.3 Å². The van der Waals surface area contributed by atoms with E-state index in [9.17, 15) is 0 Å². The smallest absolute Gasteiger partial charge is 0.184 e. The molecule has 0 nitrogen and oxygen atoms in total. The Hall–Kier alpha value is 0.415. The van der Waals surface area contributed by atoms with Crippen LogP contribution in [0.5, 0.6) is 0 Å². The van der Waals surface area contributed by atoms with E-state index in [2.05, 4.69) is 33.1 Å². The lowest BCUT2D eigenvalue weighted by atomic mass is 9.84. The average molecular weight is 146 g/mol. The summed E-state index contributed by atoms with van der Waals surface area (Å²) in [4.78, 5) is 0. The zero-order valence-electron chi connectivity index (χ0n) is 7.40. The molecule has 2 heteroatoms. The summed E-state index contributed by atoms with van der Waals surface area (Å²) in [6, 6.07) is 0. The Morgan fingerprint density at radius 2 is 1.67 bits per heavy atom. The normalized spacial score (nSPS) is 13.4. The summed E-state index contributed by atoms with van der Waals surface area (Å²) in [5, 5.41) is 0. The molecule has 0 spiro atoms. The van der Waals surface area contributed by atoms with Crippen molar-refractivity contribution in [3.63, 3.8) is 0 Å². The van der Waals surface area contributed by atoms with Gasteiger partial charge in [0.2, 0.25) is 0 Å². The van der Waals surface area contributed by atoms with Crippen molar-refractivity contribution in [1.29, 1.82) is 0 Å². The van der Waals surface area contributed by atoms with Crippen molar-refractivity contribution in [1.82, 2.24) is 0 Å². The topological polar surface area (TPSA) is 0 Å². The molecule has 0 N–H and O–H groups in total. The van der Waals surface area contributed by atoms with Crippen LogP contribution in [-0.2, 0) is 0 Å². The van der Waals surface area contributed by atoms with E-state index in [0.717, 1.165) is 5.99 Å². The van der Waals surface area contributed by atoms with Crippen molar-refractivity contribution in [3.05, 3.63) is 0 Å². The second kappa shape index (κ2) is 3.55. The molecular weight excluding hydrogens is 127 g/mol. The van der Waals surface area contributed by atoms with E-state index in [4.69, 9.17) is 0 Å². The zero-order valence-corrected chi connectivity index (χ0v) is 8.22. The monoisotopic (exact) mass is 146 g/mol. The lowest BCUT2D eigenvalue weighted by Gasteiger charge is -2.33. The molecule has 0 atom stereocenters. The molecule has 0 bridgehead atoms. The van der Waals surface area contributed by atoms with Gasteiger partial charge in [-0.1, -0.05) is 20.6 Å². The fraction of sp³-hybridized carbons (Fsp3) is 1.00. The van der Waals surface area contributed by atoms with E-state index >= 15 is 0 Å². The highest BCUT2D eigenvalue weighted by Gasteiger charge is 2.17. The highest BCUT2D eigenvalue weighted by atomic mass is 32.3. The van der Waals surface area contributed by atoms with Crippen LogP contribution < -0.4 is 0 Å². The fourth-order valence-corrected chi connectivity index (χ4v) is 2.29. The van der Waals surface area contributed by atoms with Crippen molar-refractivity contribution in [3.8, 4) is 0 Å². The van der Waals surface area contributed by atoms with E-state index < -0.39 is 0 Å². The van der Waals surface area contributed by atoms with Gasteiger partial charge in [0.1, 0.15) is 0 Å². The molecule has 0 aromatic heterocycles. The van der Waals surface area contributed by atoms with E-state index in [1.165, 1.54) is 12.2 Å². The Morgan fingerprint density at radius 1 is 1.22 bits per heavy atom. The van der Waals surface area contributed by atoms with E-state index in [1.54, 1.807) is 0 Å². The fourth-order valence-electron chi connectivity index (χ4n) is 0.762. The first-order chi connectivity index (χ1) is 4.00. The average Bonchev–Trinajstić information content (AvgIpc) is 1.65. The van der Waals surface area contributed by atoms with Crippen LogP contribution >= 0.6 is 9.88 Å². The maximum Gasteiger partial charge on any atom is 0.184 e. The Balaban J connectivity index is 3.70. The van der Waals surface area contributed by atoms with Gasteiger partial charge in [0.25, 0.3) is 0 Å². The Labute approximate surface area is 61.7 Å². The molecule has 56 valence electrons. The summed E-state index contributed by atoms with van der Waals surface area (Å²) in [5.74, 6) is 2.34.